The van der Waals surface area contributed by atoms with E-state index in [2.05, 4.69) is 33.4 Å². The van der Waals surface area contributed by atoms with Gasteiger partial charge in [-0.3, -0.25) is 14.7 Å². The maximum absolute atomic E-state index is 13.0. The van der Waals surface area contributed by atoms with Gasteiger partial charge in [0.05, 0.1) is 11.8 Å². The molecule has 29 heavy (non-hydrogen) atoms. The van der Waals surface area contributed by atoms with Gasteiger partial charge in [-0.25, -0.2) is 0 Å². The fourth-order valence-corrected chi connectivity index (χ4v) is 4.85. The third kappa shape index (κ3) is 4.30. The molecule has 1 atom stereocenters. The third-order valence-electron chi connectivity index (χ3n) is 6.35. The second-order valence-corrected chi connectivity index (χ2v) is 8.32. The minimum absolute atomic E-state index is 0.0522. The van der Waals surface area contributed by atoms with Crippen LogP contribution in [0.1, 0.15) is 49.8 Å². The minimum atomic E-state index is -0.602. The Morgan fingerprint density at radius 2 is 1.97 bits per heavy atom. The Bertz CT molecular complexity index is 820. The fourth-order valence-electron chi connectivity index (χ4n) is 4.85. The number of carbonyl (C=O) groups excluding carboxylic acids is 1. The predicted octanol–water partition coefficient (Wildman–Crippen LogP) is 3.68. The van der Waals surface area contributed by atoms with Crippen LogP contribution in [0.2, 0.25) is 0 Å². The van der Waals surface area contributed by atoms with E-state index in [1.807, 2.05) is 24.3 Å². The van der Waals surface area contributed by atoms with Crippen LogP contribution in [0.25, 0.3) is 0 Å². The van der Waals surface area contributed by atoms with Crippen molar-refractivity contribution in [3.05, 3.63) is 59.9 Å². The molecular weight excluding hydrogens is 362 g/mol. The molecule has 0 bridgehead atoms. The van der Waals surface area contributed by atoms with Crippen molar-refractivity contribution in [2.24, 2.45) is 0 Å². The van der Waals surface area contributed by atoms with Gasteiger partial charge in [0.2, 0.25) is 5.91 Å². The Morgan fingerprint density at radius 1 is 1.17 bits per heavy atom. The number of hydrogen-bond acceptors (Lipinski definition) is 4. The number of nitrogens with zero attached hydrogens (tertiary/aromatic N) is 2. The largest absolute Gasteiger partial charge is 0.490 e. The molecule has 4 rings (SSSR count). The molecule has 2 aliphatic rings. The molecule has 2 fully saturated rings. The smallest absolute Gasteiger partial charge is 0.233 e. The highest BCUT2D eigenvalue weighted by molar-refractivity contribution is 5.88. The summed E-state index contributed by atoms with van der Waals surface area (Å²) in [6, 6.07) is 14.2. The van der Waals surface area contributed by atoms with Gasteiger partial charge < -0.3 is 10.1 Å². The number of likely N-dealkylation sites (tertiary alicyclic amines) is 1. The summed E-state index contributed by atoms with van der Waals surface area (Å²) in [5.74, 6) is 1.05. The lowest BCUT2D eigenvalue weighted by Gasteiger charge is -2.41. The number of aromatic nitrogens is 1. The highest BCUT2D eigenvalue weighted by atomic mass is 16.5. The van der Waals surface area contributed by atoms with Crippen molar-refractivity contribution in [3.8, 4) is 5.75 Å². The Morgan fingerprint density at radius 3 is 2.72 bits per heavy atom. The molecule has 5 nitrogen and oxygen atoms in total. The van der Waals surface area contributed by atoms with E-state index in [9.17, 15) is 4.79 Å². The van der Waals surface area contributed by atoms with Crippen LogP contribution in [0.15, 0.2) is 48.7 Å². The van der Waals surface area contributed by atoms with Gasteiger partial charge in [0, 0.05) is 31.9 Å². The van der Waals surface area contributed by atoms with Crippen LogP contribution >= 0.6 is 0 Å². The number of para-hydroxylation sites is 1. The summed E-state index contributed by atoms with van der Waals surface area (Å²) in [5.41, 5.74) is 1.46. The number of amides is 1. The number of likely N-dealkylation sites (N-methyl/N-ethyl adjacent to an activating group) is 1. The molecule has 5 heteroatoms. The third-order valence-corrected chi connectivity index (χ3v) is 6.35. The lowest BCUT2D eigenvalue weighted by atomic mass is 9.75. The molecule has 1 saturated carbocycles. The van der Waals surface area contributed by atoms with Gasteiger partial charge in [0.1, 0.15) is 11.2 Å². The average Bonchev–Trinajstić information content (AvgIpc) is 3.28. The quantitative estimate of drug-likeness (QED) is 0.813. The molecule has 2 heterocycles. The van der Waals surface area contributed by atoms with Crippen molar-refractivity contribution >= 4 is 5.91 Å². The first-order valence-electron chi connectivity index (χ1n) is 10.8. The lowest BCUT2D eigenvalue weighted by Crippen LogP contribution is -2.54. The van der Waals surface area contributed by atoms with Crippen LogP contribution in [0, 0.1) is 0 Å². The van der Waals surface area contributed by atoms with Crippen molar-refractivity contribution in [3.63, 3.8) is 0 Å². The van der Waals surface area contributed by atoms with Gasteiger partial charge in [-0.1, -0.05) is 24.3 Å². The number of pyridine rings is 1. The summed E-state index contributed by atoms with van der Waals surface area (Å²) >= 11 is 0. The summed E-state index contributed by atoms with van der Waals surface area (Å²) in [4.78, 5) is 19.9. The zero-order valence-corrected chi connectivity index (χ0v) is 17.3. The zero-order chi connectivity index (χ0) is 20.1. The van der Waals surface area contributed by atoms with E-state index in [0.717, 1.165) is 50.2 Å². The maximum Gasteiger partial charge on any atom is 0.233 e. The molecule has 1 aromatic carbocycles. The normalized spacial score (nSPS) is 23.1. The summed E-state index contributed by atoms with van der Waals surface area (Å²) < 4.78 is 6.33. The van der Waals surface area contributed by atoms with E-state index >= 15 is 0 Å². The molecule has 0 radical (unpaired) electrons. The van der Waals surface area contributed by atoms with Crippen LogP contribution in [-0.4, -0.2) is 42.0 Å². The second-order valence-electron chi connectivity index (χ2n) is 8.32. The van der Waals surface area contributed by atoms with E-state index in [1.165, 1.54) is 18.4 Å². The van der Waals surface area contributed by atoms with Crippen LogP contribution in [-0.2, 0) is 16.8 Å². The number of ether oxygens (including phenoxy) is 1. The average molecular weight is 394 g/mol. The number of benzene rings is 1. The minimum Gasteiger partial charge on any atom is -0.490 e. The Balaban J connectivity index is 1.55. The molecule has 1 aliphatic carbocycles. The van der Waals surface area contributed by atoms with Crippen molar-refractivity contribution in [1.82, 2.24) is 15.2 Å². The topological polar surface area (TPSA) is 54.5 Å². The number of hydrogen-bond donors (Lipinski definition) is 1. The Hall–Kier alpha value is -2.40. The van der Waals surface area contributed by atoms with Gasteiger partial charge in [0.25, 0.3) is 0 Å². The van der Waals surface area contributed by atoms with E-state index in [-0.39, 0.29) is 5.91 Å². The van der Waals surface area contributed by atoms with Crippen LogP contribution < -0.4 is 10.1 Å². The van der Waals surface area contributed by atoms with E-state index < -0.39 is 5.41 Å². The molecule has 0 unspecified atom stereocenters. The summed E-state index contributed by atoms with van der Waals surface area (Å²) in [5, 5.41) is 2.89. The predicted molar refractivity (Wildman–Crippen MR) is 114 cm³/mol. The number of rotatable bonds is 6. The molecule has 1 amide bonds. The molecule has 1 N–H and O–H groups in total. The van der Waals surface area contributed by atoms with Crippen molar-refractivity contribution < 1.29 is 9.53 Å². The summed E-state index contributed by atoms with van der Waals surface area (Å²) in [6.45, 7) is 2.43. The molecule has 1 aromatic heterocycles. The maximum atomic E-state index is 13.0. The first-order chi connectivity index (χ1) is 14.2. The Labute approximate surface area is 173 Å². The standard InChI is InChI=1S/C24H31N3O2/c1-25-23(28)24(22-13-6-7-15-26-22)14-8-16-27(18-24)17-19-9-2-5-12-21(19)29-20-10-3-4-11-20/h2,5-7,9,12-13,15,20H,3-4,8,10-11,14,16-18H2,1H3,(H,25,28)/t24-/m1/s1. The summed E-state index contributed by atoms with van der Waals surface area (Å²) in [6.07, 6.45) is 8.74. The molecule has 0 spiro atoms. The second kappa shape index (κ2) is 8.95. The van der Waals surface area contributed by atoms with Crippen LogP contribution in [0.4, 0.5) is 0 Å². The van der Waals surface area contributed by atoms with Crippen molar-refractivity contribution in [2.75, 3.05) is 20.1 Å². The van der Waals surface area contributed by atoms with Gasteiger partial charge in [0.15, 0.2) is 0 Å². The number of nitrogens with one attached hydrogen (secondary N) is 1. The Kier molecular flexibility index (Phi) is 6.14. The SMILES string of the molecule is CNC(=O)[C@]1(c2ccccn2)CCCN(Cc2ccccc2OC2CCCC2)C1. The van der Waals surface area contributed by atoms with Gasteiger partial charge in [-0.2, -0.15) is 0 Å². The number of piperidine rings is 1. The van der Waals surface area contributed by atoms with E-state index in [0.29, 0.717) is 12.6 Å². The molecular formula is C24H31N3O2. The van der Waals surface area contributed by atoms with E-state index in [4.69, 9.17) is 4.74 Å². The van der Waals surface area contributed by atoms with Gasteiger partial charge in [-0.15, -0.1) is 0 Å². The lowest BCUT2D eigenvalue weighted by molar-refractivity contribution is -0.128. The van der Waals surface area contributed by atoms with Gasteiger partial charge in [-0.05, 0) is 63.3 Å². The van der Waals surface area contributed by atoms with Crippen LogP contribution in [0.5, 0.6) is 5.75 Å². The first kappa shape index (κ1) is 19.9. The molecule has 1 aliphatic heterocycles. The molecule has 2 aromatic rings. The highest BCUT2D eigenvalue weighted by Crippen LogP contribution is 2.35. The fraction of sp³-hybridized carbons (Fsp3) is 0.500. The number of carbonyl (C=O) groups is 1. The zero-order valence-electron chi connectivity index (χ0n) is 17.3. The molecule has 1 saturated heterocycles. The molecule has 154 valence electrons. The highest BCUT2D eigenvalue weighted by Gasteiger charge is 2.44. The van der Waals surface area contributed by atoms with Crippen molar-refractivity contribution in [1.29, 1.82) is 0 Å². The first-order valence-corrected chi connectivity index (χ1v) is 10.8. The van der Waals surface area contributed by atoms with Gasteiger partial charge >= 0.3 is 0 Å². The monoisotopic (exact) mass is 393 g/mol. The summed E-state index contributed by atoms with van der Waals surface area (Å²) in [7, 11) is 1.72. The van der Waals surface area contributed by atoms with Crippen molar-refractivity contribution in [2.45, 2.75) is 56.6 Å². The van der Waals surface area contributed by atoms with Crippen LogP contribution in [0.3, 0.4) is 0 Å². The van der Waals surface area contributed by atoms with E-state index in [1.54, 1.807) is 13.2 Å².